The largest absolute Gasteiger partial charge is 0.505 e. The SMILES string of the molecule is C=CCOc1ccc(Cl)c(O)c1C(C)=O. The number of hydrogen-bond acceptors (Lipinski definition) is 3. The average Bonchev–Trinajstić information content (AvgIpc) is 2.19. The van der Waals surface area contributed by atoms with Crippen LogP contribution in [0.4, 0.5) is 0 Å². The van der Waals surface area contributed by atoms with Crippen LogP contribution in [0.3, 0.4) is 0 Å². The molecular formula is C11H11ClO3. The molecule has 0 unspecified atom stereocenters. The molecule has 0 spiro atoms. The quantitative estimate of drug-likeness (QED) is 0.634. The monoisotopic (exact) mass is 226 g/mol. The Morgan fingerprint density at radius 1 is 1.67 bits per heavy atom. The molecule has 15 heavy (non-hydrogen) atoms. The Labute approximate surface area is 92.9 Å². The molecule has 0 fully saturated rings. The van der Waals surface area contributed by atoms with Gasteiger partial charge in [0.05, 0.1) is 5.02 Å². The third kappa shape index (κ3) is 2.50. The summed E-state index contributed by atoms with van der Waals surface area (Å²) in [5.41, 5.74) is 0.101. The van der Waals surface area contributed by atoms with Crippen molar-refractivity contribution in [3.63, 3.8) is 0 Å². The zero-order valence-electron chi connectivity index (χ0n) is 8.29. The summed E-state index contributed by atoms with van der Waals surface area (Å²) in [7, 11) is 0. The molecule has 80 valence electrons. The van der Waals surface area contributed by atoms with Crippen molar-refractivity contribution in [2.45, 2.75) is 6.92 Å². The van der Waals surface area contributed by atoms with E-state index in [1.54, 1.807) is 12.1 Å². The van der Waals surface area contributed by atoms with Gasteiger partial charge in [0.15, 0.2) is 5.78 Å². The highest BCUT2D eigenvalue weighted by atomic mass is 35.5. The van der Waals surface area contributed by atoms with Crippen molar-refractivity contribution in [3.8, 4) is 11.5 Å². The number of carbonyl (C=O) groups excluding carboxylic acids is 1. The number of phenols is 1. The number of ether oxygens (including phenoxy) is 1. The maximum absolute atomic E-state index is 11.3. The minimum Gasteiger partial charge on any atom is -0.505 e. The van der Waals surface area contributed by atoms with Crippen LogP contribution in [0.1, 0.15) is 17.3 Å². The highest BCUT2D eigenvalue weighted by Crippen LogP contribution is 2.34. The lowest BCUT2D eigenvalue weighted by Crippen LogP contribution is -2.01. The van der Waals surface area contributed by atoms with Crippen molar-refractivity contribution in [3.05, 3.63) is 35.4 Å². The van der Waals surface area contributed by atoms with Gasteiger partial charge in [-0.2, -0.15) is 0 Å². The number of Topliss-reactive ketones (excluding diaryl/α,β-unsaturated/α-hetero) is 1. The van der Waals surface area contributed by atoms with Gasteiger partial charge in [-0.05, 0) is 19.1 Å². The molecule has 0 aliphatic rings. The summed E-state index contributed by atoms with van der Waals surface area (Å²) in [6.07, 6.45) is 1.55. The molecule has 0 bridgehead atoms. The minimum absolute atomic E-state index is 0.101. The first-order valence-electron chi connectivity index (χ1n) is 4.34. The molecule has 1 N–H and O–H groups in total. The van der Waals surface area contributed by atoms with E-state index in [4.69, 9.17) is 16.3 Å². The minimum atomic E-state index is -0.297. The standard InChI is InChI=1S/C11H11ClO3/c1-3-6-15-9-5-4-8(12)11(14)10(9)7(2)13/h3-5,14H,1,6H2,2H3. The van der Waals surface area contributed by atoms with Gasteiger partial charge in [0.1, 0.15) is 23.7 Å². The van der Waals surface area contributed by atoms with E-state index in [1.165, 1.54) is 13.0 Å². The second kappa shape index (κ2) is 4.84. The summed E-state index contributed by atoms with van der Waals surface area (Å²) in [4.78, 5) is 11.3. The van der Waals surface area contributed by atoms with Crippen molar-refractivity contribution in [1.29, 1.82) is 0 Å². The zero-order valence-corrected chi connectivity index (χ0v) is 9.04. The van der Waals surface area contributed by atoms with Crippen LogP contribution in [-0.4, -0.2) is 17.5 Å². The van der Waals surface area contributed by atoms with Crippen LogP contribution in [0.15, 0.2) is 24.8 Å². The van der Waals surface area contributed by atoms with E-state index in [2.05, 4.69) is 6.58 Å². The third-order valence-electron chi connectivity index (χ3n) is 1.80. The number of halogens is 1. The first-order valence-corrected chi connectivity index (χ1v) is 4.71. The van der Waals surface area contributed by atoms with Gasteiger partial charge < -0.3 is 9.84 Å². The molecule has 3 nitrogen and oxygen atoms in total. The second-order valence-electron chi connectivity index (χ2n) is 2.92. The summed E-state index contributed by atoms with van der Waals surface area (Å²) in [6.45, 7) is 5.10. The van der Waals surface area contributed by atoms with Crippen molar-refractivity contribution in [2.75, 3.05) is 6.61 Å². The molecule has 0 atom stereocenters. The maximum atomic E-state index is 11.3. The summed E-state index contributed by atoms with van der Waals surface area (Å²) in [6, 6.07) is 3.02. The first-order chi connectivity index (χ1) is 7.07. The fraction of sp³-hybridized carbons (Fsp3) is 0.182. The predicted octanol–water partition coefficient (Wildman–Crippen LogP) is 2.81. The van der Waals surface area contributed by atoms with E-state index in [-0.39, 0.29) is 28.7 Å². The Hall–Kier alpha value is -1.48. The van der Waals surface area contributed by atoms with Crippen molar-refractivity contribution in [2.24, 2.45) is 0 Å². The number of hydrogen-bond donors (Lipinski definition) is 1. The van der Waals surface area contributed by atoms with Gasteiger partial charge in [-0.15, -0.1) is 0 Å². The lowest BCUT2D eigenvalue weighted by Gasteiger charge is -2.10. The van der Waals surface area contributed by atoms with E-state index in [0.717, 1.165) is 0 Å². The third-order valence-corrected chi connectivity index (χ3v) is 2.10. The van der Waals surface area contributed by atoms with Crippen molar-refractivity contribution in [1.82, 2.24) is 0 Å². The molecule has 0 saturated heterocycles. The topological polar surface area (TPSA) is 46.5 Å². The Kier molecular flexibility index (Phi) is 3.74. The molecular weight excluding hydrogens is 216 g/mol. The number of rotatable bonds is 4. The molecule has 1 rings (SSSR count). The maximum Gasteiger partial charge on any atom is 0.167 e. The van der Waals surface area contributed by atoms with Gasteiger partial charge in [-0.25, -0.2) is 0 Å². The van der Waals surface area contributed by atoms with Crippen molar-refractivity contribution >= 4 is 17.4 Å². The Morgan fingerprint density at radius 3 is 2.87 bits per heavy atom. The Morgan fingerprint density at radius 2 is 2.33 bits per heavy atom. The number of carbonyl (C=O) groups is 1. The predicted molar refractivity (Wildman–Crippen MR) is 58.8 cm³/mol. The summed E-state index contributed by atoms with van der Waals surface area (Å²) < 4.78 is 5.23. The van der Waals surface area contributed by atoms with Gasteiger partial charge in [0, 0.05) is 0 Å². The van der Waals surface area contributed by atoms with Gasteiger partial charge in [0.2, 0.25) is 0 Å². The lowest BCUT2D eigenvalue weighted by atomic mass is 10.1. The fourth-order valence-corrected chi connectivity index (χ4v) is 1.31. The lowest BCUT2D eigenvalue weighted by molar-refractivity contribution is 0.101. The number of ketones is 1. The summed E-state index contributed by atoms with van der Waals surface area (Å²) >= 11 is 5.69. The van der Waals surface area contributed by atoms with Crippen LogP contribution in [0.2, 0.25) is 5.02 Å². The highest BCUT2D eigenvalue weighted by molar-refractivity contribution is 6.32. The summed E-state index contributed by atoms with van der Waals surface area (Å²) in [5, 5.41) is 9.72. The smallest absolute Gasteiger partial charge is 0.167 e. The molecule has 0 aliphatic carbocycles. The molecule has 0 aromatic heterocycles. The van der Waals surface area contributed by atoms with Gasteiger partial charge >= 0.3 is 0 Å². The van der Waals surface area contributed by atoms with Gasteiger partial charge in [0.25, 0.3) is 0 Å². The molecule has 1 aromatic rings. The highest BCUT2D eigenvalue weighted by Gasteiger charge is 2.16. The van der Waals surface area contributed by atoms with Crippen LogP contribution in [0, 0.1) is 0 Å². The van der Waals surface area contributed by atoms with Crippen LogP contribution in [0.5, 0.6) is 11.5 Å². The molecule has 0 amide bonds. The number of aromatic hydroxyl groups is 1. The molecule has 0 aliphatic heterocycles. The zero-order chi connectivity index (χ0) is 11.4. The second-order valence-corrected chi connectivity index (χ2v) is 3.33. The average molecular weight is 227 g/mol. The van der Waals surface area contributed by atoms with Crippen LogP contribution >= 0.6 is 11.6 Å². The molecule has 0 heterocycles. The van der Waals surface area contributed by atoms with E-state index >= 15 is 0 Å². The van der Waals surface area contributed by atoms with Crippen molar-refractivity contribution < 1.29 is 14.6 Å². The van der Waals surface area contributed by atoms with Gasteiger partial charge in [-0.1, -0.05) is 24.3 Å². The van der Waals surface area contributed by atoms with Crippen LogP contribution in [0.25, 0.3) is 0 Å². The van der Waals surface area contributed by atoms with E-state index in [0.29, 0.717) is 5.75 Å². The van der Waals surface area contributed by atoms with E-state index in [1.807, 2.05) is 0 Å². The Bertz CT molecular complexity index is 399. The van der Waals surface area contributed by atoms with Crippen LogP contribution in [-0.2, 0) is 0 Å². The number of phenolic OH excluding ortho intramolecular Hbond substituents is 1. The molecule has 0 saturated carbocycles. The number of benzene rings is 1. The molecule has 1 aromatic carbocycles. The van der Waals surface area contributed by atoms with Gasteiger partial charge in [-0.3, -0.25) is 4.79 Å². The Balaban J connectivity index is 3.20. The van der Waals surface area contributed by atoms with E-state index in [9.17, 15) is 9.90 Å². The molecule has 0 radical (unpaired) electrons. The fourth-order valence-electron chi connectivity index (χ4n) is 1.16. The summed E-state index contributed by atoms with van der Waals surface area (Å²) in [5.74, 6) is -0.232. The molecule has 4 heteroatoms. The van der Waals surface area contributed by atoms with Crippen LogP contribution < -0.4 is 4.74 Å². The normalized spacial score (nSPS) is 9.73. The first kappa shape index (κ1) is 11.6. The van der Waals surface area contributed by atoms with E-state index < -0.39 is 0 Å².